The largest absolute Gasteiger partial charge is 0.379 e. The molecule has 1 aromatic carbocycles. The molecule has 1 saturated heterocycles. The molecule has 1 fully saturated rings. The van der Waals surface area contributed by atoms with Gasteiger partial charge in [-0.25, -0.2) is 0 Å². The maximum Gasteiger partial charge on any atom is 0.191 e. The SMILES string of the molecule is CCNC(=NCCCN1CCOCC1)NCCSc1ccccc1. The lowest BCUT2D eigenvalue weighted by Crippen LogP contribution is -2.39. The van der Waals surface area contributed by atoms with Gasteiger partial charge in [0.1, 0.15) is 0 Å². The van der Waals surface area contributed by atoms with Crippen LogP contribution in [0.4, 0.5) is 0 Å². The van der Waals surface area contributed by atoms with Crippen molar-refractivity contribution in [1.82, 2.24) is 15.5 Å². The Morgan fingerprint density at radius 2 is 2.00 bits per heavy atom. The van der Waals surface area contributed by atoms with Crippen LogP contribution < -0.4 is 10.6 Å². The van der Waals surface area contributed by atoms with Crippen LogP contribution in [0.5, 0.6) is 0 Å². The third-order valence-corrected chi connectivity index (χ3v) is 4.77. The summed E-state index contributed by atoms with van der Waals surface area (Å²) < 4.78 is 5.37. The number of nitrogens with one attached hydrogen (secondary N) is 2. The van der Waals surface area contributed by atoms with E-state index >= 15 is 0 Å². The van der Waals surface area contributed by atoms with Crippen LogP contribution in [0.2, 0.25) is 0 Å². The molecule has 6 heteroatoms. The average molecular weight is 351 g/mol. The number of hydrogen-bond donors (Lipinski definition) is 2. The highest BCUT2D eigenvalue weighted by Crippen LogP contribution is 2.15. The molecule has 1 aliphatic rings. The van der Waals surface area contributed by atoms with Gasteiger partial charge in [0, 0.05) is 49.9 Å². The minimum atomic E-state index is 0.860. The standard InChI is InChI=1S/C18H30N4OS/c1-2-19-18(20-9-6-11-22-12-14-23-15-13-22)21-10-16-24-17-7-4-3-5-8-17/h3-5,7-8H,2,6,9-16H2,1H3,(H2,19,20,21). The van der Waals surface area contributed by atoms with Crippen LogP contribution in [0.1, 0.15) is 13.3 Å². The van der Waals surface area contributed by atoms with Crippen molar-refractivity contribution in [3.05, 3.63) is 30.3 Å². The predicted molar refractivity (Wildman–Crippen MR) is 103 cm³/mol. The van der Waals surface area contributed by atoms with Crippen molar-refractivity contribution >= 4 is 17.7 Å². The van der Waals surface area contributed by atoms with E-state index in [4.69, 9.17) is 4.74 Å². The molecule has 0 amide bonds. The topological polar surface area (TPSA) is 48.9 Å². The van der Waals surface area contributed by atoms with Crippen molar-refractivity contribution in [2.45, 2.75) is 18.2 Å². The van der Waals surface area contributed by atoms with Crippen molar-refractivity contribution in [1.29, 1.82) is 0 Å². The summed E-state index contributed by atoms with van der Waals surface area (Å²) in [5, 5.41) is 6.73. The molecule has 1 heterocycles. The third kappa shape index (κ3) is 8.04. The number of morpholine rings is 1. The molecular weight excluding hydrogens is 320 g/mol. The zero-order valence-electron chi connectivity index (χ0n) is 14.7. The van der Waals surface area contributed by atoms with Crippen molar-refractivity contribution < 1.29 is 4.74 Å². The number of hydrogen-bond acceptors (Lipinski definition) is 4. The number of rotatable bonds is 9. The van der Waals surface area contributed by atoms with Gasteiger partial charge in [-0.1, -0.05) is 18.2 Å². The second-order valence-corrected chi connectivity index (χ2v) is 6.82. The van der Waals surface area contributed by atoms with Gasteiger partial charge in [0.25, 0.3) is 0 Å². The van der Waals surface area contributed by atoms with E-state index in [9.17, 15) is 0 Å². The van der Waals surface area contributed by atoms with Crippen LogP contribution >= 0.6 is 11.8 Å². The van der Waals surface area contributed by atoms with Gasteiger partial charge in [-0.05, 0) is 25.5 Å². The lowest BCUT2D eigenvalue weighted by atomic mass is 10.3. The minimum absolute atomic E-state index is 0.860. The molecule has 0 radical (unpaired) electrons. The van der Waals surface area contributed by atoms with Crippen LogP contribution in [0.3, 0.4) is 0 Å². The first-order valence-corrected chi connectivity index (χ1v) is 9.87. The van der Waals surface area contributed by atoms with Crippen LogP contribution in [-0.2, 0) is 4.74 Å². The Hall–Kier alpha value is -1.24. The summed E-state index contributed by atoms with van der Waals surface area (Å²) in [4.78, 5) is 8.44. The fourth-order valence-electron chi connectivity index (χ4n) is 2.51. The first-order chi connectivity index (χ1) is 11.9. The zero-order valence-corrected chi connectivity index (χ0v) is 15.5. The van der Waals surface area contributed by atoms with Crippen LogP contribution in [-0.4, -0.2) is 69.1 Å². The summed E-state index contributed by atoms with van der Waals surface area (Å²) >= 11 is 1.86. The number of thioether (sulfide) groups is 1. The molecule has 0 unspecified atom stereocenters. The number of nitrogens with zero attached hydrogens (tertiary/aromatic N) is 2. The third-order valence-electron chi connectivity index (χ3n) is 3.76. The van der Waals surface area contributed by atoms with Gasteiger partial charge in [-0.15, -0.1) is 11.8 Å². The lowest BCUT2D eigenvalue weighted by Gasteiger charge is -2.26. The van der Waals surface area contributed by atoms with Crippen molar-refractivity contribution in [3.8, 4) is 0 Å². The van der Waals surface area contributed by atoms with E-state index in [1.54, 1.807) is 0 Å². The van der Waals surface area contributed by atoms with Crippen LogP contribution in [0.25, 0.3) is 0 Å². The maximum absolute atomic E-state index is 5.37. The Kier molecular flexibility index (Phi) is 9.68. The number of aliphatic imine (C=N–C) groups is 1. The highest BCUT2D eigenvalue weighted by Gasteiger charge is 2.08. The molecule has 5 nitrogen and oxygen atoms in total. The maximum atomic E-state index is 5.37. The highest BCUT2D eigenvalue weighted by molar-refractivity contribution is 7.99. The number of benzene rings is 1. The van der Waals surface area contributed by atoms with E-state index in [0.717, 1.165) is 70.6 Å². The monoisotopic (exact) mass is 350 g/mol. The summed E-state index contributed by atoms with van der Waals surface area (Å²) in [6.45, 7) is 9.71. The van der Waals surface area contributed by atoms with Gasteiger partial charge in [-0.2, -0.15) is 0 Å². The fraction of sp³-hybridized carbons (Fsp3) is 0.611. The summed E-state index contributed by atoms with van der Waals surface area (Å²) in [5.41, 5.74) is 0. The second-order valence-electron chi connectivity index (χ2n) is 5.66. The van der Waals surface area contributed by atoms with E-state index in [2.05, 4.69) is 57.8 Å². The van der Waals surface area contributed by atoms with Gasteiger partial charge in [0.05, 0.1) is 13.2 Å². The van der Waals surface area contributed by atoms with Crippen molar-refractivity contribution in [3.63, 3.8) is 0 Å². The van der Waals surface area contributed by atoms with Crippen molar-refractivity contribution in [2.24, 2.45) is 4.99 Å². The zero-order chi connectivity index (χ0) is 16.9. The van der Waals surface area contributed by atoms with E-state index in [0.29, 0.717) is 0 Å². The van der Waals surface area contributed by atoms with E-state index in [1.165, 1.54) is 4.90 Å². The molecule has 24 heavy (non-hydrogen) atoms. The van der Waals surface area contributed by atoms with E-state index < -0.39 is 0 Å². The smallest absolute Gasteiger partial charge is 0.191 e. The summed E-state index contributed by atoms with van der Waals surface area (Å²) in [7, 11) is 0. The summed E-state index contributed by atoms with van der Waals surface area (Å²) in [6, 6.07) is 10.5. The molecule has 0 aliphatic carbocycles. The molecule has 0 spiro atoms. The van der Waals surface area contributed by atoms with Gasteiger partial charge in [-0.3, -0.25) is 9.89 Å². The molecule has 0 bridgehead atoms. The summed E-state index contributed by atoms with van der Waals surface area (Å²) in [6.07, 6.45) is 1.09. The molecule has 0 saturated carbocycles. The second kappa shape index (κ2) is 12.2. The molecule has 1 aromatic rings. The average Bonchev–Trinajstić information content (AvgIpc) is 2.64. The molecule has 0 atom stereocenters. The van der Waals surface area contributed by atoms with Crippen LogP contribution in [0, 0.1) is 0 Å². The van der Waals surface area contributed by atoms with E-state index in [1.807, 2.05) is 11.8 Å². The highest BCUT2D eigenvalue weighted by atomic mass is 32.2. The predicted octanol–water partition coefficient (Wildman–Crippen LogP) is 2.06. The minimum Gasteiger partial charge on any atom is -0.379 e. The molecule has 2 rings (SSSR count). The van der Waals surface area contributed by atoms with Gasteiger partial charge < -0.3 is 15.4 Å². The normalized spacial score (nSPS) is 16.1. The quantitative estimate of drug-likeness (QED) is 0.309. The molecule has 0 aromatic heterocycles. The Labute approximate surface area is 150 Å². The molecular formula is C18H30N4OS. The molecule has 2 N–H and O–H groups in total. The lowest BCUT2D eigenvalue weighted by molar-refractivity contribution is 0.0377. The Bertz CT molecular complexity index is 463. The summed E-state index contributed by atoms with van der Waals surface area (Å²) in [5.74, 6) is 1.95. The number of ether oxygens (including phenoxy) is 1. The Morgan fingerprint density at radius 3 is 2.75 bits per heavy atom. The number of guanidine groups is 1. The first kappa shape index (κ1) is 19.1. The molecule has 134 valence electrons. The van der Waals surface area contributed by atoms with Gasteiger partial charge in [0.2, 0.25) is 0 Å². The first-order valence-electron chi connectivity index (χ1n) is 8.88. The van der Waals surface area contributed by atoms with Gasteiger partial charge >= 0.3 is 0 Å². The van der Waals surface area contributed by atoms with E-state index in [-0.39, 0.29) is 0 Å². The Balaban J connectivity index is 1.60. The fourth-order valence-corrected chi connectivity index (χ4v) is 3.30. The van der Waals surface area contributed by atoms with Crippen molar-refractivity contribution in [2.75, 3.05) is 58.2 Å². The molecule has 1 aliphatic heterocycles. The van der Waals surface area contributed by atoms with Crippen LogP contribution in [0.15, 0.2) is 40.2 Å². The Morgan fingerprint density at radius 1 is 1.21 bits per heavy atom. The van der Waals surface area contributed by atoms with Gasteiger partial charge in [0.15, 0.2) is 5.96 Å².